The van der Waals surface area contributed by atoms with E-state index in [-0.39, 0.29) is 18.4 Å². The lowest BCUT2D eigenvalue weighted by Gasteiger charge is -2.32. The zero-order valence-corrected chi connectivity index (χ0v) is 10.6. The van der Waals surface area contributed by atoms with Crippen molar-refractivity contribution in [2.24, 2.45) is 0 Å². The summed E-state index contributed by atoms with van der Waals surface area (Å²) in [6.45, 7) is 5.26. The fourth-order valence-corrected chi connectivity index (χ4v) is 2.01. The van der Waals surface area contributed by atoms with Crippen molar-refractivity contribution < 1.29 is 19.1 Å². The molecule has 100 valence electrons. The average Bonchev–Trinajstić information content (AvgIpc) is 2.53. The molecule has 2 fully saturated rings. The quantitative estimate of drug-likeness (QED) is 0.654. The van der Waals surface area contributed by atoms with Gasteiger partial charge in [0.05, 0.1) is 13.2 Å². The molecule has 0 unspecified atom stereocenters. The molecule has 2 saturated heterocycles. The Morgan fingerprint density at radius 1 is 1.33 bits per heavy atom. The van der Waals surface area contributed by atoms with E-state index in [0.29, 0.717) is 26.3 Å². The molecule has 0 aliphatic carbocycles. The molecule has 0 aromatic carbocycles. The van der Waals surface area contributed by atoms with Gasteiger partial charge in [0.25, 0.3) is 5.91 Å². The molecule has 0 aromatic rings. The Balaban J connectivity index is 2.02. The van der Waals surface area contributed by atoms with Gasteiger partial charge in [-0.25, -0.2) is 4.79 Å². The van der Waals surface area contributed by atoms with Gasteiger partial charge in [0.2, 0.25) is 5.91 Å². The lowest BCUT2D eigenvalue weighted by Crippen LogP contribution is -2.51. The number of nitrogens with zero attached hydrogens (tertiary/aromatic N) is 2. The predicted octanol–water partition coefficient (Wildman–Crippen LogP) is -0.824. The Labute approximate surface area is 105 Å². The van der Waals surface area contributed by atoms with Crippen molar-refractivity contribution in [3.63, 3.8) is 0 Å². The maximum atomic E-state index is 12.0. The molecular weight excluding hydrogens is 238 g/mol. The highest BCUT2D eigenvalue weighted by atomic mass is 16.5. The minimum atomic E-state index is -0.973. The second-order valence-electron chi connectivity index (χ2n) is 4.90. The van der Waals surface area contributed by atoms with Crippen molar-refractivity contribution in [1.82, 2.24) is 15.1 Å². The highest BCUT2D eigenvalue weighted by Gasteiger charge is 2.46. The SMILES string of the molecule is CC1(C)C(=O)NC(=O)N1CC(=O)N1CCOCC1. The monoisotopic (exact) mass is 255 g/mol. The highest BCUT2D eigenvalue weighted by molar-refractivity contribution is 6.07. The first-order valence-electron chi connectivity index (χ1n) is 5.91. The van der Waals surface area contributed by atoms with Crippen molar-refractivity contribution in [1.29, 1.82) is 0 Å². The van der Waals surface area contributed by atoms with Crippen LogP contribution in [0.25, 0.3) is 0 Å². The smallest absolute Gasteiger partial charge is 0.325 e. The molecule has 18 heavy (non-hydrogen) atoms. The van der Waals surface area contributed by atoms with Gasteiger partial charge >= 0.3 is 6.03 Å². The summed E-state index contributed by atoms with van der Waals surface area (Å²) in [5.41, 5.74) is -0.973. The molecule has 0 bridgehead atoms. The van der Waals surface area contributed by atoms with Gasteiger partial charge in [-0.15, -0.1) is 0 Å². The Hall–Kier alpha value is -1.63. The van der Waals surface area contributed by atoms with E-state index in [0.717, 1.165) is 0 Å². The molecule has 2 heterocycles. The third-order valence-corrected chi connectivity index (χ3v) is 3.35. The summed E-state index contributed by atoms with van der Waals surface area (Å²) >= 11 is 0. The van der Waals surface area contributed by atoms with Crippen LogP contribution in [0.3, 0.4) is 0 Å². The number of urea groups is 1. The predicted molar refractivity (Wildman–Crippen MR) is 61.7 cm³/mol. The summed E-state index contributed by atoms with van der Waals surface area (Å²) in [6.07, 6.45) is 0. The zero-order valence-electron chi connectivity index (χ0n) is 10.6. The van der Waals surface area contributed by atoms with Crippen LogP contribution in [0.5, 0.6) is 0 Å². The average molecular weight is 255 g/mol. The Bertz CT molecular complexity index is 388. The van der Waals surface area contributed by atoms with Crippen LogP contribution in [-0.2, 0) is 14.3 Å². The Morgan fingerprint density at radius 2 is 1.94 bits per heavy atom. The largest absolute Gasteiger partial charge is 0.378 e. The number of amides is 4. The number of carbonyl (C=O) groups is 3. The van der Waals surface area contributed by atoms with E-state index in [1.54, 1.807) is 18.7 Å². The maximum Gasteiger partial charge on any atom is 0.325 e. The molecule has 7 nitrogen and oxygen atoms in total. The molecule has 4 amide bonds. The Morgan fingerprint density at radius 3 is 2.44 bits per heavy atom. The molecule has 0 saturated carbocycles. The molecule has 0 aromatic heterocycles. The second kappa shape index (κ2) is 4.56. The number of hydrogen-bond donors (Lipinski definition) is 1. The van der Waals surface area contributed by atoms with Gasteiger partial charge in [0, 0.05) is 13.1 Å². The van der Waals surface area contributed by atoms with E-state index in [1.165, 1.54) is 4.90 Å². The molecule has 0 spiro atoms. The summed E-state index contributed by atoms with van der Waals surface area (Å²) in [5, 5.41) is 2.22. The summed E-state index contributed by atoms with van der Waals surface area (Å²) in [6, 6.07) is -0.508. The van der Waals surface area contributed by atoms with Gasteiger partial charge in [0.1, 0.15) is 12.1 Å². The lowest BCUT2D eigenvalue weighted by molar-refractivity contribution is -0.137. The van der Waals surface area contributed by atoms with E-state index in [2.05, 4.69) is 5.32 Å². The van der Waals surface area contributed by atoms with Crippen LogP contribution in [0.1, 0.15) is 13.8 Å². The number of morpholine rings is 1. The third kappa shape index (κ3) is 2.17. The minimum Gasteiger partial charge on any atom is -0.378 e. The van der Waals surface area contributed by atoms with Crippen LogP contribution in [-0.4, -0.2) is 66.0 Å². The molecule has 0 radical (unpaired) electrons. The first-order valence-corrected chi connectivity index (χ1v) is 5.91. The van der Waals surface area contributed by atoms with Crippen molar-refractivity contribution in [2.45, 2.75) is 19.4 Å². The van der Waals surface area contributed by atoms with Crippen LogP contribution in [0.2, 0.25) is 0 Å². The lowest BCUT2D eigenvalue weighted by atomic mass is 10.0. The molecule has 2 aliphatic heterocycles. The van der Waals surface area contributed by atoms with Gasteiger partial charge in [-0.2, -0.15) is 0 Å². The maximum absolute atomic E-state index is 12.0. The number of hydrogen-bond acceptors (Lipinski definition) is 4. The normalized spacial score (nSPS) is 23.2. The van der Waals surface area contributed by atoms with Crippen LogP contribution in [0.4, 0.5) is 4.79 Å². The zero-order chi connectivity index (χ0) is 13.3. The van der Waals surface area contributed by atoms with Crippen molar-refractivity contribution in [2.75, 3.05) is 32.8 Å². The minimum absolute atomic E-state index is 0.0788. The Kier molecular flexibility index (Phi) is 3.25. The van der Waals surface area contributed by atoms with Crippen molar-refractivity contribution in [3.8, 4) is 0 Å². The first-order chi connectivity index (χ1) is 8.43. The summed E-state index contributed by atoms with van der Waals surface area (Å²) in [5.74, 6) is -0.529. The van der Waals surface area contributed by atoms with E-state index < -0.39 is 11.6 Å². The number of rotatable bonds is 2. The summed E-state index contributed by atoms with van der Waals surface area (Å²) in [7, 11) is 0. The van der Waals surface area contributed by atoms with E-state index >= 15 is 0 Å². The number of imide groups is 1. The van der Waals surface area contributed by atoms with Gasteiger partial charge in [-0.3, -0.25) is 14.9 Å². The van der Waals surface area contributed by atoms with Gasteiger partial charge in [-0.1, -0.05) is 0 Å². The third-order valence-electron chi connectivity index (χ3n) is 3.35. The van der Waals surface area contributed by atoms with Gasteiger partial charge < -0.3 is 14.5 Å². The van der Waals surface area contributed by atoms with Crippen LogP contribution in [0.15, 0.2) is 0 Å². The fourth-order valence-electron chi connectivity index (χ4n) is 2.01. The van der Waals surface area contributed by atoms with Crippen LogP contribution < -0.4 is 5.32 Å². The number of nitrogens with one attached hydrogen (secondary N) is 1. The summed E-state index contributed by atoms with van der Waals surface area (Å²) in [4.78, 5) is 38.1. The van der Waals surface area contributed by atoms with E-state index in [4.69, 9.17) is 4.74 Å². The highest BCUT2D eigenvalue weighted by Crippen LogP contribution is 2.20. The number of ether oxygens (including phenoxy) is 1. The topological polar surface area (TPSA) is 79.0 Å². The molecule has 0 atom stereocenters. The van der Waals surface area contributed by atoms with Gasteiger partial charge in [0.15, 0.2) is 0 Å². The van der Waals surface area contributed by atoms with Crippen LogP contribution >= 0.6 is 0 Å². The van der Waals surface area contributed by atoms with E-state index in [9.17, 15) is 14.4 Å². The van der Waals surface area contributed by atoms with Crippen molar-refractivity contribution >= 4 is 17.8 Å². The first kappa shape index (κ1) is 12.8. The number of carbonyl (C=O) groups excluding carboxylic acids is 3. The molecule has 7 heteroatoms. The van der Waals surface area contributed by atoms with E-state index in [1.807, 2.05) is 0 Å². The second-order valence-corrected chi connectivity index (χ2v) is 4.90. The molecule has 2 rings (SSSR count). The van der Waals surface area contributed by atoms with Crippen molar-refractivity contribution in [3.05, 3.63) is 0 Å². The molecule has 1 N–H and O–H groups in total. The standard InChI is InChI=1S/C11H17N3O4/c1-11(2)9(16)12-10(17)14(11)7-8(15)13-3-5-18-6-4-13/h3-7H2,1-2H3,(H,12,16,17). The molecule has 2 aliphatic rings. The molecular formula is C11H17N3O4. The van der Waals surface area contributed by atoms with Crippen LogP contribution in [0, 0.1) is 0 Å². The fraction of sp³-hybridized carbons (Fsp3) is 0.727. The summed E-state index contributed by atoms with van der Waals surface area (Å²) < 4.78 is 5.16. The van der Waals surface area contributed by atoms with Gasteiger partial charge in [-0.05, 0) is 13.8 Å².